The molecule has 0 aliphatic carbocycles. The average molecular weight is 212 g/mol. The molecule has 0 radical (unpaired) electrons. The molecular formula is C9H16N4S. The van der Waals surface area contributed by atoms with Crippen LogP contribution < -0.4 is 10.6 Å². The van der Waals surface area contributed by atoms with E-state index in [9.17, 15) is 0 Å². The maximum Gasteiger partial charge on any atom is 0.202 e. The lowest BCUT2D eigenvalue weighted by atomic mass is 9.81. The second kappa shape index (κ2) is 4.23. The van der Waals surface area contributed by atoms with Crippen LogP contribution in [0.2, 0.25) is 0 Å². The first-order chi connectivity index (χ1) is 6.79. The first-order valence-electron chi connectivity index (χ1n) is 5.00. The van der Waals surface area contributed by atoms with E-state index in [0.717, 1.165) is 24.8 Å². The highest BCUT2D eigenvalue weighted by atomic mass is 32.1. The Morgan fingerprint density at radius 1 is 1.57 bits per heavy atom. The Morgan fingerprint density at radius 2 is 2.36 bits per heavy atom. The van der Waals surface area contributed by atoms with Crippen LogP contribution in [-0.4, -0.2) is 29.0 Å². The second-order valence-electron chi connectivity index (χ2n) is 4.16. The molecule has 1 aromatic rings. The molecule has 1 fully saturated rings. The van der Waals surface area contributed by atoms with Gasteiger partial charge < -0.3 is 10.6 Å². The van der Waals surface area contributed by atoms with Gasteiger partial charge in [-0.15, -0.1) is 0 Å². The van der Waals surface area contributed by atoms with Crippen molar-refractivity contribution in [1.29, 1.82) is 0 Å². The molecule has 0 bridgehead atoms. The molecule has 1 saturated heterocycles. The average Bonchev–Trinajstić information content (AvgIpc) is 2.69. The van der Waals surface area contributed by atoms with Crippen molar-refractivity contribution in [2.75, 3.05) is 25.0 Å². The lowest BCUT2D eigenvalue weighted by Gasteiger charge is -2.33. The summed E-state index contributed by atoms with van der Waals surface area (Å²) in [5, 5.41) is 7.67. The molecule has 78 valence electrons. The number of anilines is 1. The van der Waals surface area contributed by atoms with Crippen LogP contribution in [0.3, 0.4) is 0 Å². The molecule has 2 rings (SSSR count). The Balaban J connectivity index is 1.84. The SMILES string of the molecule is CC1(CNc2ncns2)CCNCC1. The van der Waals surface area contributed by atoms with E-state index in [1.807, 2.05) is 0 Å². The van der Waals surface area contributed by atoms with Crippen molar-refractivity contribution < 1.29 is 0 Å². The molecule has 0 atom stereocenters. The van der Waals surface area contributed by atoms with Crippen LogP contribution in [0.5, 0.6) is 0 Å². The molecule has 1 aliphatic rings. The molecule has 4 nitrogen and oxygen atoms in total. The van der Waals surface area contributed by atoms with Crippen LogP contribution in [0.1, 0.15) is 19.8 Å². The van der Waals surface area contributed by atoms with Gasteiger partial charge in [-0.05, 0) is 31.3 Å². The van der Waals surface area contributed by atoms with Crippen LogP contribution in [-0.2, 0) is 0 Å². The van der Waals surface area contributed by atoms with Gasteiger partial charge in [-0.3, -0.25) is 0 Å². The van der Waals surface area contributed by atoms with Gasteiger partial charge in [-0.2, -0.15) is 4.37 Å². The fraction of sp³-hybridized carbons (Fsp3) is 0.778. The maximum absolute atomic E-state index is 4.11. The molecule has 0 aromatic carbocycles. The Morgan fingerprint density at radius 3 is 3.00 bits per heavy atom. The summed E-state index contributed by atoms with van der Waals surface area (Å²) < 4.78 is 3.96. The number of rotatable bonds is 3. The normalized spacial score (nSPS) is 20.6. The van der Waals surface area contributed by atoms with E-state index in [1.54, 1.807) is 6.33 Å². The molecule has 5 heteroatoms. The van der Waals surface area contributed by atoms with Crippen molar-refractivity contribution in [3.05, 3.63) is 6.33 Å². The maximum atomic E-state index is 4.11. The Hall–Kier alpha value is -0.680. The van der Waals surface area contributed by atoms with Crippen LogP contribution in [0.4, 0.5) is 5.13 Å². The van der Waals surface area contributed by atoms with Crippen molar-refractivity contribution in [3.63, 3.8) is 0 Å². The second-order valence-corrected chi connectivity index (χ2v) is 4.94. The van der Waals surface area contributed by atoms with Gasteiger partial charge >= 0.3 is 0 Å². The van der Waals surface area contributed by atoms with Crippen molar-refractivity contribution in [3.8, 4) is 0 Å². The molecule has 14 heavy (non-hydrogen) atoms. The van der Waals surface area contributed by atoms with Gasteiger partial charge in [-0.25, -0.2) is 4.98 Å². The summed E-state index contributed by atoms with van der Waals surface area (Å²) in [4.78, 5) is 4.11. The fourth-order valence-electron chi connectivity index (χ4n) is 1.75. The Bertz CT molecular complexity index is 266. The minimum atomic E-state index is 0.414. The van der Waals surface area contributed by atoms with E-state index in [0.29, 0.717) is 5.41 Å². The highest BCUT2D eigenvalue weighted by Gasteiger charge is 2.26. The molecule has 2 heterocycles. The monoisotopic (exact) mass is 212 g/mol. The summed E-state index contributed by atoms with van der Waals surface area (Å²) in [6.07, 6.45) is 4.06. The Labute approximate surface area is 88.3 Å². The smallest absolute Gasteiger partial charge is 0.202 e. The predicted molar refractivity (Wildman–Crippen MR) is 58.6 cm³/mol. The summed E-state index contributed by atoms with van der Waals surface area (Å²) in [6.45, 7) is 5.61. The number of piperidine rings is 1. The zero-order valence-electron chi connectivity index (χ0n) is 8.42. The summed E-state index contributed by atoms with van der Waals surface area (Å²) in [6, 6.07) is 0. The molecule has 0 unspecified atom stereocenters. The number of aromatic nitrogens is 2. The highest BCUT2D eigenvalue weighted by molar-refractivity contribution is 7.09. The summed E-state index contributed by atoms with van der Waals surface area (Å²) >= 11 is 1.42. The third-order valence-corrected chi connectivity index (χ3v) is 3.46. The summed E-state index contributed by atoms with van der Waals surface area (Å²) in [7, 11) is 0. The van der Waals surface area contributed by atoms with Crippen molar-refractivity contribution in [2.24, 2.45) is 5.41 Å². The van der Waals surface area contributed by atoms with Crippen molar-refractivity contribution >= 4 is 16.7 Å². The predicted octanol–water partition coefficient (Wildman–Crippen LogP) is 1.34. The molecule has 1 aromatic heterocycles. The lowest BCUT2D eigenvalue weighted by Crippen LogP contribution is -2.39. The topological polar surface area (TPSA) is 49.8 Å². The van der Waals surface area contributed by atoms with E-state index in [1.165, 1.54) is 24.4 Å². The van der Waals surface area contributed by atoms with Gasteiger partial charge in [0.25, 0.3) is 0 Å². The van der Waals surface area contributed by atoms with E-state index < -0.39 is 0 Å². The van der Waals surface area contributed by atoms with Gasteiger partial charge in [0.1, 0.15) is 6.33 Å². The Kier molecular flexibility index (Phi) is 2.98. The minimum absolute atomic E-state index is 0.414. The number of nitrogens with one attached hydrogen (secondary N) is 2. The quantitative estimate of drug-likeness (QED) is 0.794. The molecule has 0 amide bonds. The summed E-state index contributed by atoms with van der Waals surface area (Å²) in [5.74, 6) is 0. The number of nitrogens with zero attached hydrogens (tertiary/aromatic N) is 2. The fourth-order valence-corrected chi connectivity index (χ4v) is 2.17. The van der Waals surface area contributed by atoms with Gasteiger partial charge in [0, 0.05) is 18.1 Å². The largest absolute Gasteiger partial charge is 0.360 e. The van der Waals surface area contributed by atoms with Crippen LogP contribution in [0, 0.1) is 5.41 Å². The van der Waals surface area contributed by atoms with Gasteiger partial charge in [0.15, 0.2) is 0 Å². The molecule has 1 aliphatic heterocycles. The zero-order valence-corrected chi connectivity index (χ0v) is 9.23. The van der Waals surface area contributed by atoms with Crippen LogP contribution in [0.15, 0.2) is 6.33 Å². The number of hydrogen-bond acceptors (Lipinski definition) is 5. The van der Waals surface area contributed by atoms with Gasteiger partial charge in [-0.1, -0.05) is 6.92 Å². The van der Waals surface area contributed by atoms with Crippen LogP contribution >= 0.6 is 11.5 Å². The van der Waals surface area contributed by atoms with E-state index in [2.05, 4.69) is 26.9 Å². The standard InChI is InChI=1S/C9H16N4S/c1-9(2-4-10-5-3-9)6-11-8-12-7-13-14-8/h7,10H,2-6H2,1H3,(H,11,12,13). The van der Waals surface area contributed by atoms with Crippen LogP contribution in [0.25, 0.3) is 0 Å². The lowest BCUT2D eigenvalue weighted by molar-refractivity contribution is 0.247. The van der Waals surface area contributed by atoms with E-state index >= 15 is 0 Å². The molecule has 0 spiro atoms. The highest BCUT2D eigenvalue weighted by Crippen LogP contribution is 2.28. The van der Waals surface area contributed by atoms with Gasteiger partial charge in [0.2, 0.25) is 5.13 Å². The van der Waals surface area contributed by atoms with E-state index in [4.69, 9.17) is 0 Å². The third kappa shape index (κ3) is 2.42. The number of hydrogen-bond donors (Lipinski definition) is 2. The van der Waals surface area contributed by atoms with E-state index in [-0.39, 0.29) is 0 Å². The first-order valence-corrected chi connectivity index (χ1v) is 5.77. The molecule has 2 N–H and O–H groups in total. The van der Waals surface area contributed by atoms with Crippen molar-refractivity contribution in [2.45, 2.75) is 19.8 Å². The first kappa shape index (κ1) is 9.86. The summed E-state index contributed by atoms with van der Waals surface area (Å²) in [5.41, 5.74) is 0.414. The van der Waals surface area contributed by atoms with Gasteiger partial charge in [0.05, 0.1) is 0 Å². The minimum Gasteiger partial charge on any atom is -0.360 e. The third-order valence-electron chi connectivity index (χ3n) is 2.84. The van der Waals surface area contributed by atoms with Crippen molar-refractivity contribution in [1.82, 2.24) is 14.7 Å². The molecule has 0 saturated carbocycles. The zero-order chi connectivity index (χ0) is 9.86. The molecular weight excluding hydrogens is 196 g/mol.